The Kier molecular flexibility index (Phi) is 5.27. The van der Waals surface area contributed by atoms with Crippen LogP contribution in [0.2, 0.25) is 0 Å². The Labute approximate surface area is 132 Å². The number of hydrogen-bond donors (Lipinski definition) is 2. The van der Waals surface area contributed by atoms with Crippen molar-refractivity contribution in [3.63, 3.8) is 0 Å². The van der Waals surface area contributed by atoms with Gasteiger partial charge in [-0.2, -0.15) is 0 Å². The number of halogens is 2. The lowest BCUT2D eigenvalue weighted by molar-refractivity contribution is 0.195. The summed E-state index contributed by atoms with van der Waals surface area (Å²) >= 11 is 8.45. The van der Waals surface area contributed by atoms with E-state index in [0.29, 0.717) is 6.54 Å². The van der Waals surface area contributed by atoms with Gasteiger partial charge in [0.25, 0.3) is 0 Å². The molecular formula is C13H13Br2NO2S. The molecule has 19 heavy (non-hydrogen) atoms. The fourth-order valence-corrected chi connectivity index (χ4v) is 3.62. The number of ether oxygens (including phenoxy) is 1. The normalized spacial score (nSPS) is 12.2. The van der Waals surface area contributed by atoms with E-state index in [1.807, 2.05) is 29.6 Å². The summed E-state index contributed by atoms with van der Waals surface area (Å²) in [7, 11) is 1.62. The van der Waals surface area contributed by atoms with Crippen molar-refractivity contribution in [2.24, 2.45) is 0 Å². The highest BCUT2D eigenvalue weighted by Gasteiger charge is 2.11. The van der Waals surface area contributed by atoms with Gasteiger partial charge in [-0.05, 0) is 49.4 Å². The molecule has 0 saturated heterocycles. The molecule has 0 radical (unpaired) electrons. The molecule has 2 rings (SSSR count). The minimum Gasteiger partial charge on any atom is -0.495 e. The molecule has 1 unspecified atom stereocenters. The van der Waals surface area contributed by atoms with Gasteiger partial charge in [-0.25, -0.2) is 0 Å². The van der Waals surface area contributed by atoms with Crippen LogP contribution in [0.25, 0.3) is 0 Å². The first-order chi connectivity index (χ1) is 9.11. The molecule has 0 aliphatic rings. The maximum atomic E-state index is 10.0. The first-order valence-corrected chi connectivity index (χ1v) is 8.06. The molecule has 102 valence electrons. The van der Waals surface area contributed by atoms with Gasteiger partial charge in [0, 0.05) is 22.0 Å². The van der Waals surface area contributed by atoms with Crippen LogP contribution in [0.4, 0.5) is 5.69 Å². The van der Waals surface area contributed by atoms with E-state index < -0.39 is 6.10 Å². The zero-order chi connectivity index (χ0) is 13.8. The number of thiophene rings is 1. The highest BCUT2D eigenvalue weighted by molar-refractivity contribution is 9.11. The van der Waals surface area contributed by atoms with Crippen molar-refractivity contribution in [2.75, 3.05) is 19.0 Å². The fraction of sp³-hybridized carbons (Fsp3) is 0.231. The predicted octanol–water partition coefficient (Wildman–Crippen LogP) is 4.43. The minimum atomic E-state index is -0.512. The predicted molar refractivity (Wildman–Crippen MR) is 86.2 cm³/mol. The topological polar surface area (TPSA) is 41.5 Å². The summed E-state index contributed by atoms with van der Waals surface area (Å²) in [6.07, 6.45) is -0.512. The van der Waals surface area contributed by atoms with Gasteiger partial charge in [0.1, 0.15) is 11.9 Å². The van der Waals surface area contributed by atoms with Crippen LogP contribution in [0.15, 0.2) is 38.6 Å². The largest absolute Gasteiger partial charge is 0.495 e. The second-order valence-electron chi connectivity index (χ2n) is 3.88. The number of nitrogens with one attached hydrogen (secondary N) is 1. The molecule has 2 aromatic rings. The van der Waals surface area contributed by atoms with Gasteiger partial charge in [0.15, 0.2) is 0 Å². The molecule has 0 aliphatic heterocycles. The third-order valence-electron chi connectivity index (χ3n) is 2.60. The van der Waals surface area contributed by atoms with Crippen LogP contribution in [-0.2, 0) is 0 Å². The van der Waals surface area contributed by atoms with E-state index in [2.05, 4.69) is 37.2 Å². The Morgan fingerprint density at radius 2 is 2.16 bits per heavy atom. The first-order valence-electron chi connectivity index (χ1n) is 5.60. The summed E-state index contributed by atoms with van der Waals surface area (Å²) in [6, 6.07) is 7.66. The Bertz CT molecular complexity index is 546. The van der Waals surface area contributed by atoms with Crippen LogP contribution in [-0.4, -0.2) is 18.8 Å². The second kappa shape index (κ2) is 6.74. The number of rotatable bonds is 5. The molecule has 0 saturated carbocycles. The van der Waals surface area contributed by atoms with Crippen molar-refractivity contribution >= 4 is 48.9 Å². The van der Waals surface area contributed by atoms with Crippen molar-refractivity contribution in [1.29, 1.82) is 0 Å². The van der Waals surface area contributed by atoms with Crippen molar-refractivity contribution in [3.05, 3.63) is 43.5 Å². The van der Waals surface area contributed by atoms with Crippen molar-refractivity contribution in [2.45, 2.75) is 6.10 Å². The van der Waals surface area contributed by atoms with E-state index in [4.69, 9.17) is 4.74 Å². The molecule has 0 bridgehead atoms. The van der Waals surface area contributed by atoms with E-state index in [9.17, 15) is 5.11 Å². The number of aliphatic hydroxyl groups excluding tert-OH is 1. The zero-order valence-electron chi connectivity index (χ0n) is 10.2. The molecule has 1 heterocycles. The van der Waals surface area contributed by atoms with Crippen LogP contribution in [0, 0.1) is 0 Å². The Hall–Kier alpha value is -0.560. The third-order valence-corrected chi connectivity index (χ3v) is 4.85. The average molecular weight is 407 g/mol. The van der Waals surface area contributed by atoms with E-state index in [1.165, 1.54) is 0 Å². The van der Waals surface area contributed by atoms with Gasteiger partial charge in [0.05, 0.1) is 17.3 Å². The quantitative estimate of drug-likeness (QED) is 0.771. The van der Waals surface area contributed by atoms with Gasteiger partial charge in [-0.1, -0.05) is 6.07 Å². The molecule has 1 aromatic carbocycles. The van der Waals surface area contributed by atoms with E-state index in [1.54, 1.807) is 18.4 Å². The number of anilines is 1. The third kappa shape index (κ3) is 3.72. The first kappa shape index (κ1) is 14.8. The highest BCUT2D eigenvalue weighted by Crippen LogP contribution is 2.34. The smallest absolute Gasteiger partial charge is 0.135 e. The second-order valence-corrected chi connectivity index (χ2v) is 6.57. The van der Waals surface area contributed by atoms with E-state index in [-0.39, 0.29) is 0 Å². The summed E-state index contributed by atoms with van der Waals surface area (Å²) in [5, 5.41) is 15.2. The Balaban J connectivity index is 2.07. The average Bonchev–Trinajstić information content (AvgIpc) is 2.91. The highest BCUT2D eigenvalue weighted by atomic mass is 79.9. The van der Waals surface area contributed by atoms with Crippen molar-refractivity contribution < 1.29 is 9.84 Å². The molecule has 0 spiro atoms. The lowest BCUT2D eigenvalue weighted by atomic mass is 10.2. The fourth-order valence-electron chi connectivity index (χ4n) is 1.61. The van der Waals surface area contributed by atoms with Crippen LogP contribution >= 0.6 is 43.2 Å². The number of benzene rings is 1. The molecule has 1 atom stereocenters. The number of aliphatic hydroxyl groups is 1. The summed E-state index contributed by atoms with van der Waals surface area (Å²) < 4.78 is 7.05. The van der Waals surface area contributed by atoms with Gasteiger partial charge in [0.2, 0.25) is 0 Å². The summed E-state index contributed by atoms with van der Waals surface area (Å²) in [4.78, 5) is 0.952. The standard InChI is InChI=1S/C13H13Br2NO2S/c1-18-12-6-10(8(14)5-9(12)15)16-7-11(17)13-3-2-4-19-13/h2-6,11,16-17H,7H2,1H3. The molecule has 6 heteroatoms. The SMILES string of the molecule is COc1cc(NCC(O)c2cccs2)c(Br)cc1Br. The van der Waals surface area contributed by atoms with E-state index in [0.717, 1.165) is 25.3 Å². The summed E-state index contributed by atoms with van der Waals surface area (Å²) in [6.45, 7) is 0.448. The van der Waals surface area contributed by atoms with Gasteiger partial charge in [-0.15, -0.1) is 11.3 Å². The lowest BCUT2D eigenvalue weighted by Gasteiger charge is -2.14. The van der Waals surface area contributed by atoms with Crippen molar-refractivity contribution in [1.82, 2.24) is 0 Å². The number of hydrogen-bond acceptors (Lipinski definition) is 4. The molecule has 3 nitrogen and oxygen atoms in total. The van der Waals surface area contributed by atoms with Crippen LogP contribution < -0.4 is 10.1 Å². The monoisotopic (exact) mass is 405 g/mol. The molecule has 0 fully saturated rings. The molecule has 2 N–H and O–H groups in total. The van der Waals surface area contributed by atoms with Gasteiger partial charge < -0.3 is 15.2 Å². The summed E-state index contributed by atoms with van der Waals surface area (Å²) in [5.41, 5.74) is 0.885. The molecular weight excluding hydrogens is 394 g/mol. The molecule has 1 aromatic heterocycles. The zero-order valence-corrected chi connectivity index (χ0v) is 14.2. The number of methoxy groups -OCH3 is 1. The van der Waals surface area contributed by atoms with Gasteiger partial charge in [-0.3, -0.25) is 0 Å². The molecule has 0 aliphatic carbocycles. The Morgan fingerprint density at radius 1 is 1.37 bits per heavy atom. The van der Waals surface area contributed by atoms with E-state index >= 15 is 0 Å². The van der Waals surface area contributed by atoms with Crippen molar-refractivity contribution in [3.8, 4) is 5.75 Å². The van der Waals surface area contributed by atoms with Crippen LogP contribution in [0.5, 0.6) is 5.75 Å². The van der Waals surface area contributed by atoms with Gasteiger partial charge >= 0.3 is 0 Å². The maximum absolute atomic E-state index is 10.0. The molecule has 0 amide bonds. The lowest BCUT2D eigenvalue weighted by Crippen LogP contribution is -2.11. The maximum Gasteiger partial charge on any atom is 0.135 e. The summed E-state index contributed by atoms with van der Waals surface area (Å²) in [5.74, 6) is 0.747. The van der Waals surface area contributed by atoms with Crippen LogP contribution in [0.1, 0.15) is 11.0 Å². The Morgan fingerprint density at radius 3 is 2.79 bits per heavy atom. The van der Waals surface area contributed by atoms with Crippen LogP contribution in [0.3, 0.4) is 0 Å². The minimum absolute atomic E-state index is 0.448.